The van der Waals surface area contributed by atoms with Gasteiger partial charge in [-0.1, -0.05) is 30.3 Å². The van der Waals surface area contributed by atoms with Crippen molar-refractivity contribution in [1.82, 2.24) is 9.88 Å². The molecular formula is C20H19FN2O. The number of nitrogens with one attached hydrogen (secondary N) is 1. The topological polar surface area (TPSA) is 36.1 Å². The number of hydrogen-bond acceptors (Lipinski definition) is 1. The van der Waals surface area contributed by atoms with E-state index in [0.29, 0.717) is 0 Å². The molecule has 4 rings (SSSR count). The van der Waals surface area contributed by atoms with Crippen molar-refractivity contribution in [2.75, 3.05) is 0 Å². The zero-order valence-electron chi connectivity index (χ0n) is 13.7. The van der Waals surface area contributed by atoms with Crippen molar-refractivity contribution in [3.8, 4) is 0 Å². The van der Waals surface area contributed by atoms with E-state index < -0.39 is 0 Å². The summed E-state index contributed by atoms with van der Waals surface area (Å²) in [5.74, 6) is -0.241. The minimum absolute atomic E-state index is 0.0288. The number of rotatable bonds is 1. The molecule has 4 heteroatoms. The Morgan fingerprint density at radius 3 is 2.58 bits per heavy atom. The van der Waals surface area contributed by atoms with E-state index in [4.69, 9.17) is 0 Å². The van der Waals surface area contributed by atoms with E-state index in [2.05, 4.69) is 24.0 Å². The molecule has 0 saturated heterocycles. The fourth-order valence-electron chi connectivity index (χ4n) is 3.93. The smallest absolute Gasteiger partial charge is 0.220 e. The van der Waals surface area contributed by atoms with E-state index in [9.17, 15) is 9.18 Å². The van der Waals surface area contributed by atoms with Gasteiger partial charge in [0, 0.05) is 29.6 Å². The third-order valence-corrected chi connectivity index (χ3v) is 4.92. The van der Waals surface area contributed by atoms with E-state index in [0.717, 1.165) is 23.2 Å². The van der Waals surface area contributed by atoms with Gasteiger partial charge in [-0.3, -0.25) is 4.79 Å². The summed E-state index contributed by atoms with van der Waals surface area (Å²) in [5.41, 5.74) is 4.29. The molecule has 0 bridgehead atoms. The van der Waals surface area contributed by atoms with Crippen LogP contribution in [0.3, 0.4) is 0 Å². The van der Waals surface area contributed by atoms with Gasteiger partial charge >= 0.3 is 0 Å². The van der Waals surface area contributed by atoms with Crippen LogP contribution in [0.5, 0.6) is 0 Å². The van der Waals surface area contributed by atoms with Gasteiger partial charge in [0.2, 0.25) is 5.91 Å². The number of benzene rings is 2. The summed E-state index contributed by atoms with van der Waals surface area (Å²) >= 11 is 0. The molecule has 1 aliphatic heterocycles. The quantitative estimate of drug-likeness (QED) is 0.716. The molecule has 1 aromatic heterocycles. The highest BCUT2D eigenvalue weighted by atomic mass is 19.1. The number of amides is 1. The first-order valence-electron chi connectivity index (χ1n) is 8.20. The average molecular weight is 322 g/mol. The lowest BCUT2D eigenvalue weighted by atomic mass is 9.88. The lowest BCUT2D eigenvalue weighted by Crippen LogP contribution is -2.45. The second-order valence-electron chi connectivity index (χ2n) is 6.50. The van der Waals surface area contributed by atoms with E-state index in [1.165, 1.54) is 23.1 Å². The van der Waals surface area contributed by atoms with Crippen LogP contribution >= 0.6 is 0 Å². The maximum Gasteiger partial charge on any atom is 0.220 e. The Hall–Kier alpha value is -2.62. The number of halogens is 1. The molecule has 2 heterocycles. The highest BCUT2D eigenvalue weighted by Gasteiger charge is 2.37. The van der Waals surface area contributed by atoms with Crippen LogP contribution < -0.4 is 0 Å². The van der Waals surface area contributed by atoms with Gasteiger partial charge in [0.1, 0.15) is 5.82 Å². The molecule has 2 atom stereocenters. The lowest BCUT2D eigenvalue weighted by molar-refractivity contribution is -0.133. The normalized spacial score (nSPS) is 20.2. The standard InChI is InChI=1S/C20H19FN2O/c1-12-11-17-16-5-3-4-6-18(16)22-19(17)20(23(12)13(2)24)14-7-9-15(21)10-8-14/h3-10,12,20,22H,11H2,1-2H3/t12-,20-/m0/s1. The predicted octanol–water partition coefficient (Wildman–Crippen LogP) is 4.19. The number of aromatic amines is 1. The Morgan fingerprint density at radius 1 is 1.17 bits per heavy atom. The van der Waals surface area contributed by atoms with Gasteiger partial charge in [0.05, 0.1) is 6.04 Å². The molecule has 24 heavy (non-hydrogen) atoms. The number of para-hydroxylation sites is 1. The highest BCUT2D eigenvalue weighted by Crippen LogP contribution is 2.40. The van der Waals surface area contributed by atoms with Crippen molar-refractivity contribution in [3.63, 3.8) is 0 Å². The highest BCUT2D eigenvalue weighted by molar-refractivity contribution is 5.86. The SMILES string of the molecule is CC(=O)N1[C@@H](c2ccc(F)cc2)c2[nH]c3ccccc3c2C[C@@H]1C. The molecule has 0 spiro atoms. The second kappa shape index (κ2) is 5.48. The first-order valence-corrected chi connectivity index (χ1v) is 8.20. The fourth-order valence-corrected chi connectivity index (χ4v) is 3.93. The van der Waals surface area contributed by atoms with Crippen LogP contribution in [0.25, 0.3) is 10.9 Å². The first kappa shape index (κ1) is 14.9. The summed E-state index contributed by atoms with van der Waals surface area (Å²) in [6.07, 6.45) is 0.816. The molecule has 1 amide bonds. The number of aromatic nitrogens is 1. The monoisotopic (exact) mass is 322 g/mol. The molecule has 1 N–H and O–H groups in total. The summed E-state index contributed by atoms with van der Waals surface area (Å²) in [7, 11) is 0. The minimum Gasteiger partial charge on any atom is -0.356 e. The van der Waals surface area contributed by atoms with Crippen molar-refractivity contribution in [1.29, 1.82) is 0 Å². The summed E-state index contributed by atoms with van der Waals surface area (Å²) in [6.45, 7) is 3.67. The molecule has 3 aromatic rings. The number of carbonyl (C=O) groups is 1. The van der Waals surface area contributed by atoms with Crippen LogP contribution in [-0.4, -0.2) is 21.8 Å². The van der Waals surface area contributed by atoms with Crippen LogP contribution in [0, 0.1) is 5.82 Å². The number of H-pyrrole nitrogens is 1. The van der Waals surface area contributed by atoms with Crippen molar-refractivity contribution in [2.24, 2.45) is 0 Å². The summed E-state index contributed by atoms with van der Waals surface area (Å²) in [6, 6.07) is 14.5. The number of nitrogens with zero attached hydrogens (tertiary/aromatic N) is 1. The second-order valence-corrected chi connectivity index (χ2v) is 6.50. The Morgan fingerprint density at radius 2 is 1.88 bits per heavy atom. The average Bonchev–Trinajstić information content (AvgIpc) is 2.92. The Labute approximate surface area is 140 Å². The third-order valence-electron chi connectivity index (χ3n) is 4.92. The largest absolute Gasteiger partial charge is 0.356 e. The zero-order chi connectivity index (χ0) is 16.8. The zero-order valence-corrected chi connectivity index (χ0v) is 13.7. The van der Waals surface area contributed by atoms with Crippen molar-refractivity contribution >= 4 is 16.8 Å². The lowest BCUT2D eigenvalue weighted by Gasteiger charge is -2.40. The van der Waals surface area contributed by atoms with E-state index >= 15 is 0 Å². The Balaban J connectivity index is 1.96. The third kappa shape index (κ3) is 2.21. The number of carbonyl (C=O) groups excluding carboxylic acids is 1. The molecular weight excluding hydrogens is 303 g/mol. The van der Waals surface area contributed by atoms with Crippen LogP contribution in [0.1, 0.15) is 36.7 Å². The Kier molecular flexibility index (Phi) is 3.41. The summed E-state index contributed by atoms with van der Waals surface area (Å²) in [5, 5.41) is 1.20. The molecule has 2 aromatic carbocycles. The molecule has 122 valence electrons. The van der Waals surface area contributed by atoms with Gasteiger partial charge in [-0.2, -0.15) is 0 Å². The number of fused-ring (bicyclic) bond motifs is 3. The molecule has 0 saturated carbocycles. The summed E-state index contributed by atoms with van der Waals surface area (Å²) < 4.78 is 13.4. The van der Waals surface area contributed by atoms with Gasteiger partial charge in [-0.25, -0.2) is 4.39 Å². The minimum atomic E-state index is -0.270. The molecule has 1 aliphatic rings. The Bertz CT molecular complexity index is 913. The number of hydrogen-bond donors (Lipinski definition) is 1. The molecule has 0 aliphatic carbocycles. The van der Waals surface area contributed by atoms with Crippen LogP contribution in [0.2, 0.25) is 0 Å². The van der Waals surface area contributed by atoms with Gasteiger partial charge < -0.3 is 9.88 Å². The maximum absolute atomic E-state index is 13.4. The van der Waals surface area contributed by atoms with Crippen LogP contribution in [-0.2, 0) is 11.2 Å². The predicted molar refractivity (Wildman–Crippen MR) is 92.2 cm³/mol. The fraction of sp³-hybridized carbons (Fsp3) is 0.250. The summed E-state index contributed by atoms with van der Waals surface area (Å²) in [4.78, 5) is 17.7. The van der Waals surface area contributed by atoms with Crippen molar-refractivity contribution < 1.29 is 9.18 Å². The van der Waals surface area contributed by atoms with Crippen molar-refractivity contribution in [3.05, 3.63) is 71.2 Å². The molecule has 0 fully saturated rings. The van der Waals surface area contributed by atoms with Gasteiger partial charge in [-0.05, 0) is 42.7 Å². The molecule has 0 unspecified atom stereocenters. The van der Waals surface area contributed by atoms with Crippen LogP contribution in [0.15, 0.2) is 48.5 Å². The van der Waals surface area contributed by atoms with Gasteiger partial charge in [-0.15, -0.1) is 0 Å². The van der Waals surface area contributed by atoms with E-state index in [1.807, 2.05) is 17.0 Å². The molecule has 3 nitrogen and oxygen atoms in total. The van der Waals surface area contributed by atoms with Crippen LogP contribution in [0.4, 0.5) is 4.39 Å². The maximum atomic E-state index is 13.4. The first-order chi connectivity index (χ1) is 11.6. The van der Waals surface area contributed by atoms with E-state index in [-0.39, 0.29) is 23.8 Å². The molecule has 0 radical (unpaired) electrons. The van der Waals surface area contributed by atoms with E-state index in [1.54, 1.807) is 19.1 Å². The van der Waals surface area contributed by atoms with Gasteiger partial charge in [0.25, 0.3) is 0 Å². The van der Waals surface area contributed by atoms with Gasteiger partial charge in [0.15, 0.2) is 0 Å². The van der Waals surface area contributed by atoms with Crippen molar-refractivity contribution in [2.45, 2.75) is 32.4 Å².